The number of alkyl halides is 1. The van der Waals surface area contributed by atoms with Gasteiger partial charge >= 0.3 is 6.09 Å². The number of carbonyl (C=O) groups excluding carboxylic acids is 3. The molecule has 3 N–H and O–H groups in total. The van der Waals surface area contributed by atoms with Gasteiger partial charge in [0.1, 0.15) is 6.04 Å². The average molecular weight is 397 g/mol. The maximum Gasteiger partial charge on any atom is 0.407 e. The van der Waals surface area contributed by atoms with Crippen LogP contribution in [0.25, 0.3) is 0 Å². The third-order valence-electron chi connectivity index (χ3n) is 4.11. The van der Waals surface area contributed by atoms with Gasteiger partial charge in [0.05, 0.1) is 18.4 Å². The second kappa shape index (κ2) is 13.1. The molecule has 0 aliphatic heterocycles. The lowest BCUT2D eigenvalue weighted by atomic mass is 10.0. The van der Waals surface area contributed by atoms with Crippen LogP contribution in [-0.2, 0) is 20.7 Å². The maximum absolute atomic E-state index is 12.5. The lowest BCUT2D eigenvalue weighted by molar-refractivity contribution is -0.125. The summed E-state index contributed by atoms with van der Waals surface area (Å²) in [4.78, 5) is 35.7. The maximum atomic E-state index is 12.5. The van der Waals surface area contributed by atoms with E-state index >= 15 is 0 Å². The van der Waals surface area contributed by atoms with E-state index in [1.807, 2.05) is 30.3 Å². The predicted octanol–water partition coefficient (Wildman–Crippen LogP) is 3.35. The lowest BCUT2D eigenvalue weighted by Crippen LogP contribution is -2.46. The molecule has 1 aromatic rings. The number of carbonyl (C=O) groups is 3. The van der Waals surface area contributed by atoms with Gasteiger partial charge in [0, 0.05) is 0 Å². The van der Waals surface area contributed by atoms with Crippen LogP contribution >= 0.6 is 11.6 Å². The van der Waals surface area contributed by atoms with Gasteiger partial charge in [-0.3, -0.25) is 9.59 Å². The van der Waals surface area contributed by atoms with E-state index < -0.39 is 29.2 Å². The second-order valence-corrected chi connectivity index (χ2v) is 6.98. The minimum absolute atomic E-state index is 0.266. The highest BCUT2D eigenvalue weighted by atomic mass is 35.5. The van der Waals surface area contributed by atoms with Crippen molar-refractivity contribution in [3.8, 4) is 0 Å². The Morgan fingerprint density at radius 2 is 1.85 bits per heavy atom. The van der Waals surface area contributed by atoms with E-state index in [2.05, 4.69) is 12.2 Å². The Kier molecular flexibility index (Phi) is 11.2. The van der Waals surface area contributed by atoms with Crippen LogP contribution < -0.4 is 11.1 Å². The highest BCUT2D eigenvalue weighted by Gasteiger charge is 2.28. The van der Waals surface area contributed by atoms with Crippen molar-refractivity contribution in [2.75, 3.05) is 6.61 Å². The fraction of sp³-hybridized carbons (Fsp3) is 0.550. The van der Waals surface area contributed by atoms with Crippen LogP contribution in [0.15, 0.2) is 30.3 Å². The van der Waals surface area contributed by atoms with Gasteiger partial charge in [0.25, 0.3) is 0 Å². The molecular weight excluding hydrogens is 368 g/mol. The molecule has 150 valence electrons. The number of rotatable bonds is 13. The molecule has 0 aromatic heterocycles. The van der Waals surface area contributed by atoms with Crippen molar-refractivity contribution in [1.82, 2.24) is 5.32 Å². The molecule has 0 heterocycles. The highest BCUT2D eigenvalue weighted by Crippen LogP contribution is 2.13. The SMILES string of the molecule is CCCCCCOC(=O)N[C@H](CC(N)=O)C(=O)[C@@H](Cl)CCc1ccccc1. The van der Waals surface area contributed by atoms with E-state index in [4.69, 9.17) is 22.1 Å². The van der Waals surface area contributed by atoms with Crippen LogP contribution in [0.3, 0.4) is 0 Å². The topological polar surface area (TPSA) is 98.5 Å². The molecule has 0 saturated heterocycles. The van der Waals surface area contributed by atoms with Crippen molar-refractivity contribution in [2.45, 2.75) is 63.3 Å². The molecule has 2 atom stereocenters. The summed E-state index contributed by atoms with van der Waals surface area (Å²) >= 11 is 6.21. The first-order valence-electron chi connectivity index (χ1n) is 9.37. The number of Topliss-reactive ketones (excluding diaryl/α,β-unsaturated/α-hetero) is 1. The van der Waals surface area contributed by atoms with Crippen LogP contribution in [0.5, 0.6) is 0 Å². The summed E-state index contributed by atoms with van der Waals surface area (Å²) in [5.41, 5.74) is 6.26. The van der Waals surface area contributed by atoms with Crippen molar-refractivity contribution < 1.29 is 19.1 Å². The van der Waals surface area contributed by atoms with Crippen LogP contribution in [0.4, 0.5) is 4.79 Å². The monoisotopic (exact) mass is 396 g/mol. The fourth-order valence-corrected chi connectivity index (χ4v) is 2.86. The van der Waals surface area contributed by atoms with E-state index in [9.17, 15) is 14.4 Å². The molecule has 0 radical (unpaired) electrons. The van der Waals surface area contributed by atoms with Crippen molar-refractivity contribution in [2.24, 2.45) is 5.73 Å². The van der Waals surface area contributed by atoms with Crippen LogP contribution in [0.1, 0.15) is 51.0 Å². The summed E-state index contributed by atoms with van der Waals surface area (Å²) in [6, 6.07) is 8.55. The Morgan fingerprint density at radius 1 is 1.15 bits per heavy atom. The zero-order valence-electron chi connectivity index (χ0n) is 15.8. The molecule has 27 heavy (non-hydrogen) atoms. The normalized spacial score (nSPS) is 12.8. The first-order valence-corrected chi connectivity index (χ1v) is 9.81. The van der Waals surface area contributed by atoms with E-state index in [-0.39, 0.29) is 13.0 Å². The number of nitrogens with two attached hydrogens (primary N) is 1. The number of nitrogens with one attached hydrogen (secondary N) is 1. The Bertz CT molecular complexity index is 595. The smallest absolute Gasteiger partial charge is 0.407 e. The van der Waals surface area contributed by atoms with Gasteiger partial charge < -0.3 is 15.8 Å². The summed E-state index contributed by atoms with van der Waals surface area (Å²) in [6.07, 6.45) is 3.85. The molecule has 0 unspecified atom stereocenters. The van der Waals surface area contributed by atoms with E-state index in [0.29, 0.717) is 12.8 Å². The second-order valence-electron chi connectivity index (χ2n) is 6.46. The minimum atomic E-state index is -1.08. The molecular formula is C20H29ClN2O4. The number of ether oxygens (including phenoxy) is 1. The number of ketones is 1. The Morgan fingerprint density at radius 3 is 2.48 bits per heavy atom. The van der Waals surface area contributed by atoms with Gasteiger partial charge in [-0.05, 0) is 24.8 Å². The summed E-state index contributed by atoms with van der Waals surface area (Å²) < 4.78 is 5.06. The van der Waals surface area contributed by atoms with Crippen molar-refractivity contribution in [1.29, 1.82) is 0 Å². The number of amides is 2. The average Bonchev–Trinajstić information content (AvgIpc) is 2.65. The van der Waals surface area contributed by atoms with Gasteiger partial charge in [-0.1, -0.05) is 56.5 Å². The number of alkyl carbamates (subject to hydrolysis) is 1. The molecule has 0 spiro atoms. The summed E-state index contributed by atoms with van der Waals surface area (Å²) in [7, 11) is 0. The molecule has 0 bridgehead atoms. The number of benzene rings is 1. The van der Waals surface area contributed by atoms with Crippen LogP contribution in [0, 0.1) is 0 Å². The molecule has 0 aliphatic carbocycles. The van der Waals surface area contributed by atoms with Gasteiger partial charge in [-0.25, -0.2) is 4.79 Å². The number of unbranched alkanes of at least 4 members (excludes halogenated alkanes) is 3. The summed E-state index contributed by atoms with van der Waals surface area (Å²) in [5.74, 6) is -1.13. The molecule has 0 fully saturated rings. The molecule has 6 nitrogen and oxygen atoms in total. The standard InChI is InChI=1S/C20H29ClN2O4/c1-2-3-4-8-13-27-20(26)23-17(14-18(22)24)19(25)16(21)12-11-15-9-6-5-7-10-15/h5-7,9-10,16-17H,2-4,8,11-14H2,1H3,(H2,22,24)(H,23,26)/t16-,17+/m0/s1. The molecule has 0 aliphatic rings. The van der Waals surface area contributed by atoms with Gasteiger partial charge in [-0.2, -0.15) is 0 Å². The largest absolute Gasteiger partial charge is 0.450 e. The fourth-order valence-electron chi connectivity index (χ4n) is 2.60. The predicted molar refractivity (Wildman–Crippen MR) is 106 cm³/mol. The number of hydrogen-bond acceptors (Lipinski definition) is 4. The zero-order chi connectivity index (χ0) is 20.1. The third-order valence-corrected chi connectivity index (χ3v) is 4.54. The minimum Gasteiger partial charge on any atom is -0.450 e. The quantitative estimate of drug-likeness (QED) is 0.394. The molecule has 1 aromatic carbocycles. The third kappa shape index (κ3) is 9.99. The number of hydrogen-bond donors (Lipinski definition) is 2. The molecule has 2 amide bonds. The molecule has 0 saturated carbocycles. The first kappa shape index (κ1) is 23.0. The zero-order valence-corrected chi connectivity index (χ0v) is 16.5. The Hall–Kier alpha value is -2.08. The van der Waals surface area contributed by atoms with Crippen LogP contribution in [-0.4, -0.2) is 35.8 Å². The summed E-state index contributed by atoms with van der Waals surface area (Å²) in [6.45, 7) is 2.36. The highest BCUT2D eigenvalue weighted by molar-refractivity contribution is 6.32. The van der Waals surface area contributed by atoms with Crippen molar-refractivity contribution in [3.05, 3.63) is 35.9 Å². The van der Waals surface area contributed by atoms with E-state index in [1.54, 1.807) is 0 Å². The number of halogens is 1. The van der Waals surface area contributed by atoms with Crippen molar-refractivity contribution >= 4 is 29.4 Å². The van der Waals surface area contributed by atoms with Crippen LogP contribution in [0.2, 0.25) is 0 Å². The summed E-state index contributed by atoms with van der Waals surface area (Å²) in [5, 5.41) is 1.59. The molecule has 7 heteroatoms. The first-order chi connectivity index (χ1) is 12.9. The van der Waals surface area contributed by atoms with E-state index in [1.165, 1.54) is 0 Å². The lowest BCUT2D eigenvalue weighted by Gasteiger charge is -2.19. The van der Waals surface area contributed by atoms with E-state index in [0.717, 1.165) is 31.2 Å². The number of primary amides is 1. The molecule has 1 rings (SSSR count). The van der Waals surface area contributed by atoms with Gasteiger partial charge in [-0.15, -0.1) is 11.6 Å². The Balaban J connectivity index is 2.51. The van der Waals surface area contributed by atoms with Gasteiger partial charge in [0.2, 0.25) is 5.91 Å². The number of aryl methyl sites for hydroxylation is 1. The van der Waals surface area contributed by atoms with Gasteiger partial charge in [0.15, 0.2) is 5.78 Å². The Labute approximate surface area is 165 Å². The van der Waals surface area contributed by atoms with Crippen molar-refractivity contribution in [3.63, 3.8) is 0 Å².